The highest BCUT2D eigenvalue weighted by atomic mass is 79.9. The van der Waals surface area contributed by atoms with Crippen molar-refractivity contribution in [2.24, 2.45) is 0 Å². The average molecular weight is 365 g/mol. The minimum atomic E-state index is 0.375. The highest BCUT2D eigenvalue weighted by molar-refractivity contribution is 9.10. The summed E-state index contributed by atoms with van der Waals surface area (Å²) in [6.07, 6.45) is 2.31. The van der Waals surface area contributed by atoms with Gasteiger partial charge in [-0.25, -0.2) is 0 Å². The lowest BCUT2D eigenvalue weighted by atomic mass is 10.1. The second-order valence-electron chi connectivity index (χ2n) is 4.64. The van der Waals surface area contributed by atoms with Crippen LogP contribution in [-0.2, 0) is 22.6 Å². The first kappa shape index (κ1) is 18.2. The molecule has 0 bridgehead atoms. The van der Waals surface area contributed by atoms with Crippen molar-refractivity contribution in [3.05, 3.63) is 64.1 Å². The molecular weight excluding hydrogens is 344 g/mol. The predicted octanol–water partition coefficient (Wildman–Crippen LogP) is 4.77. The fourth-order valence-electron chi connectivity index (χ4n) is 1.83. The summed E-state index contributed by atoms with van der Waals surface area (Å²) in [5.41, 5.74) is 2.54. The van der Waals surface area contributed by atoms with Gasteiger partial charge in [0.05, 0.1) is 7.11 Å². The predicted molar refractivity (Wildman–Crippen MR) is 92.0 cm³/mol. The monoisotopic (exact) mass is 364 g/mol. The molecule has 0 aliphatic heterocycles. The Labute approximate surface area is 140 Å². The maximum atomic E-state index is 8.95. The first-order valence-electron chi connectivity index (χ1n) is 7.12. The Hall–Kier alpha value is -1.81. The molecule has 0 radical (unpaired) electrons. The zero-order valence-corrected chi connectivity index (χ0v) is 14.5. The van der Waals surface area contributed by atoms with Crippen molar-refractivity contribution < 1.29 is 14.3 Å². The minimum absolute atomic E-state index is 0.375. The van der Waals surface area contributed by atoms with Gasteiger partial charge < -0.3 is 9.47 Å². The van der Waals surface area contributed by atoms with E-state index in [4.69, 9.17) is 9.53 Å². The number of benzene rings is 2. The summed E-state index contributed by atoms with van der Waals surface area (Å²) in [6.45, 7) is 3.17. The van der Waals surface area contributed by atoms with Crippen molar-refractivity contribution in [1.29, 1.82) is 0 Å². The van der Waals surface area contributed by atoms with Crippen molar-refractivity contribution in [3.8, 4) is 5.75 Å². The van der Waals surface area contributed by atoms with Gasteiger partial charge in [-0.05, 0) is 41.8 Å². The number of aryl methyl sites for hydroxylation is 1. The number of hydrogen-bond acceptors (Lipinski definition) is 3. The SMILES string of the molecule is CCCc1ccc(OCc2cccc(Br)c2)cc1.COC=O. The summed E-state index contributed by atoms with van der Waals surface area (Å²) in [7, 11) is 1.31. The number of carbonyl (C=O) groups is 1. The van der Waals surface area contributed by atoms with Gasteiger partial charge in [-0.15, -0.1) is 0 Å². The summed E-state index contributed by atoms with van der Waals surface area (Å²) in [5.74, 6) is 0.926. The van der Waals surface area contributed by atoms with E-state index in [9.17, 15) is 0 Å². The molecule has 0 heterocycles. The number of hydrogen-bond donors (Lipinski definition) is 0. The van der Waals surface area contributed by atoms with Gasteiger partial charge in [-0.1, -0.05) is 53.5 Å². The first-order valence-corrected chi connectivity index (χ1v) is 7.91. The van der Waals surface area contributed by atoms with Gasteiger partial charge in [0.2, 0.25) is 0 Å². The normalized spacial score (nSPS) is 9.41. The second kappa shape index (κ2) is 10.9. The summed E-state index contributed by atoms with van der Waals surface area (Å²) in [5, 5.41) is 0. The lowest BCUT2D eigenvalue weighted by molar-refractivity contribution is -0.126. The van der Waals surface area contributed by atoms with Crippen molar-refractivity contribution >= 4 is 22.4 Å². The summed E-state index contributed by atoms with van der Waals surface area (Å²) >= 11 is 3.46. The Bertz CT molecular complexity index is 553. The Morgan fingerprint density at radius 3 is 2.32 bits per heavy atom. The van der Waals surface area contributed by atoms with Gasteiger partial charge in [0, 0.05) is 4.47 Å². The van der Waals surface area contributed by atoms with Crippen molar-refractivity contribution in [2.45, 2.75) is 26.4 Å². The van der Waals surface area contributed by atoms with E-state index >= 15 is 0 Å². The van der Waals surface area contributed by atoms with Crippen LogP contribution < -0.4 is 4.74 Å². The van der Waals surface area contributed by atoms with Crippen LogP contribution in [0.25, 0.3) is 0 Å². The van der Waals surface area contributed by atoms with Crippen LogP contribution in [0.2, 0.25) is 0 Å². The van der Waals surface area contributed by atoms with Crippen LogP contribution in [-0.4, -0.2) is 13.6 Å². The van der Waals surface area contributed by atoms with Crippen LogP contribution in [0, 0.1) is 0 Å². The molecule has 0 fully saturated rings. The number of methoxy groups -OCH3 is 1. The fourth-order valence-corrected chi connectivity index (χ4v) is 2.28. The first-order chi connectivity index (χ1) is 10.7. The molecule has 2 aromatic rings. The van der Waals surface area contributed by atoms with Crippen LogP contribution in [0.4, 0.5) is 0 Å². The maximum Gasteiger partial charge on any atom is 0.292 e. The third-order valence-electron chi connectivity index (χ3n) is 2.85. The van der Waals surface area contributed by atoms with E-state index in [0.717, 1.165) is 16.6 Å². The number of halogens is 1. The van der Waals surface area contributed by atoms with Gasteiger partial charge in [0.25, 0.3) is 6.47 Å². The van der Waals surface area contributed by atoms with Gasteiger partial charge >= 0.3 is 0 Å². The lowest BCUT2D eigenvalue weighted by Gasteiger charge is -2.07. The molecule has 0 aliphatic rings. The summed E-state index contributed by atoms with van der Waals surface area (Å²) in [4.78, 5) is 8.95. The zero-order valence-electron chi connectivity index (χ0n) is 12.9. The van der Waals surface area contributed by atoms with Crippen LogP contribution in [0.15, 0.2) is 53.0 Å². The van der Waals surface area contributed by atoms with E-state index in [-0.39, 0.29) is 0 Å². The van der Waals surface area contributed by atoms with Crippen molar-refractivity contribution in [3.63, 3.8) is 0 Å². The van der Waals surface area contributed by atoms with Gasteiger partial charge in [0.15, 0.2) is 0 Å². The number of rotatable bonds is 6. The Morgan fingerprint density at radius 2 is 1.77 bits per heavy atom. The molecule has 4 heteroatoms. The molecule has 2 aromatic carbocycles. The topological polar surface area (TPSA) is 35.5 Å². The molecule has 0 saturated heterocycles. The molecule has 0 amide bonds. The average Bonchev–Trinajstić information content (AvgIpc) is 2.55. The third kappa shape index (κ3) is 7.27. The largest absolute Gasteiger partial charge is 0.489 e. The van der Waals surface area contributed by atoms with Gasteiger partial charge in [-0.3, -0.25) is 4.79 Å². The Kier molecular flexibility index (Phi) is 9.00. The third-order valence-corrected chi connectivity index (χ3v) is 3.35. The summed E-state index contributed by atoms with van der Waals surface area (Å²) < 4.78 is 10.7. The van der Waals surface area contributed by atoms with Crippen LogP contribution >= 0.6 is 15.9 Å². The maximum absolute atomic E-state index is 8.95. The smallest absolute Gasteiger partial charge is 0.292 e. The summed E-state index contributed by atoms with van der Waals surface area (Å²) in [6, 6.07) is 16.5. The molecule has 0 spiro atoms. The van der Waals surface area contributed by atoms with Gasteiger partial charge in [-0.2, -0.15) is 0 Å². The molecule has 22 heavy (non-hydrogen) atoms. The zero-order chi connectivity index (χ0) is 16.2. The van der Waals surface area contributed by atoms with Crippen molar-refractivity contribution in [2.75, 3.05) is 7.11 Å². The van der Waals surface area contributed by atoms with E-state index in [1.807, 2.05) is 24.3 Å². The lowest BCUT2D eigenvalue weighted by Crippen LogP contribution is -1.95. The molecule has 3 nitrogen and oxygen atoms in total. The molecule has 118 valence electrons. The highest BCUT2D eigenvalue weighted by Gasteiger charge is 1.97. The van der Waals surface area contributed by atoms with E-state index < -0.39 is 0 Å². The van der Waals surface area contributed by atoms with Crippen LogP contribution in [0.1, 0.15) is 24.5 Å². The Balaban J connectivity index is 0.000000541. The molecule has 0 atom stereocenters. The number of carbonyl (C=O) groups excluding carboxylic acids is 1. The molecule has 2 rings (SSSR count). The van der Waals surface area contributed by atoms with E-state index in [1.165, 1.54) is 24.7 Å². The highest BCUT2D eigenvalue weighted by Crippen LogP contribution is 2.17. The van der Waals surface area contributed by atoms with E-state index in [2.05, 4.69) is 51.9 Å². The number of ether oxygens (including phenoxy) is 2. The van der Waals surface area contributed by atoms with Crippen molar-refractivity contribution in [1.82, 2.24) is 0 Å². The standard InChI is InChI=1S/C16H17BrO.C2H4O2/c1-2-4-13-7-9-16(10-8-13)18-12-14-5-3-6-15(17)11-14;1-4-2-3/h3,5-11H,2,4,12H2,1H3;2H,1H3. The molecule has 0 N–H and O–H groups in total. The van der Waals surface area contributed by atoms with Gasteiger partial charge in [0.1, 0.15) is 12.4 Å². The molecule has 0 aromatic heterocycles. The minimum Gasteiger partial charge on any atom is -0.489 e. The molecule has 0 unspecified atom stereocenters. The van der Waals surface area contributed by atoms with Crippen LogP contribution in [0.5, 0.6) is 5.75 Å². The second-order valence-corrected chi connectivity index (χ2v) is 5.56. The van der Waals surface area contributed by atoms with Crippen LogP contribution in [0.3, 0.4) is 0 Å². The fraction of sp³-hybridized carbons (Fsp3) is 0.278. The Morgan fingerprint density at radius 1 is 1.09 bits per heavy atom. The molecule has 0 saturated carbocycles. The quantitative estimate of drug-likeness (QED) is 0.692. The van der Waals surface area contributed by atoms with E-state index in [0.29, 0.717) is 13.1 Å². The van der Waals surface area contributed by atoms with E-state index in [1.54, 1.807) is 0 Å². The molecular formula is C18H21BrO3. The molecule has 0 aliphatic carbocycles.